The van der Waals surface area contributed by atoms with Gasteiger partial charge in [-0.25, -0.2) is 9.78 Å². The van der Waals surface area contributed by atoms with Gasteiger partial charge < -0.3 is 14.1 Å². The zero-order valence-corrected chi connectivity index (χ0v) is 13.0. The highest BCUT2D eigenvalue weighted by Crippen LogP contribution is 2.18. The zero-order valence-electron chi connectivity index (χ0n) is 13.0. The third-order valence-corrected chi connectivity index (χ3v) is 2.80. The van der Waals surface area contributed by atoms with Gasteiger partial charge in [0.25, 0.3) is 0 Å². The summed E-state index contributed by atoms with van der Waals surface area (Å²) in [4.78, 5) is 21.3. The molecule has 8 heteroatoms. The Kier molecular flexibility index (Phi) is 5.56. The molecule has 0 unspecified atom stereocenters. The van der Waals surface area contributed by atoms with E-state index in [0.717, 1.165) is 5.82 Å². The van der Waals surface area contributed by atoms with Crippen molar-refractivity contribution in [3.05, 3.63) is 42.9 Å². The van der Waals surface area contributed by atoms with Crippen LogP contribution in [0.15, 0.2) is 57.6 Å². The van der Waals surface area contributed by atoms with Gasteiger partial charge in [-0.15, -0.1) is 5.11 Å². The smallest absolute Gasteiger partial charge is 0.340 e. The highest BCUT2D eigenvalue weighted by Gasteiger charge is 2.06. The second-order valence-electron chi connectivity index (χ2n) is 4.73. The highest BCUT2D eigenvalue weighted by molar-refractivity contribution is 5.86. The number of rotatable bonds is 7. The molecular weight excluding hydrogens is 298 g/mol. The minimum atomic E-state index is -0.395. The van der Waals surface area contributed by atoms with Crippen molar-refractivity contribution < 1.29 is 13.9 Å². The third kappa shape index (κ3) is 5.03. The Morgan fingerprint density at radius 1 is 1.39 bits per heavy atom. The van der Waals surface area contributed by atoms with Gasteiger partial charge in [0.05, 0.1) is 18.9 Å². The van der Waals surface area contributed by atoms with Crippen molar-refractivity contribution in [3.63, 3.8) is 0 Å². The molecule has 0 aromatic carbocycles. The number of ether oxygens (including phenoxy) is 1. The van der Waals surface area contributed by atoms with Crippen LogP contribution in [-0.4, -0.2) is 36.1 Å². The molecule has 0 N–H and O–H groups in total. The summed E-state index contributed by atoms with van der Waals surface area (Å²) in [6.07, 6.45) is 4.49. The molecule has 2 aromatic heterocycles. The maximum Gasteiger partial charge on any atom is 0.340 e. The molecule has 23 heavy (non-hydrogen) atoms. The van der Waals surface area contributed by atoms with E-state index < -0.39 is 5.97 Å². The van der Waals surface area contributed by atoms with Gasteiger partial charge in [0.2, 0.25) is 0 Å². The molecule has 0 atom stereocenters. The third-order valence-electron chi connectivity index (χ3n) is 2.80. The van der Waals surface area contributed by atoms with Gasteiger partial charge in [-0.1, -0.05) is 11.7 Å². The Morgan fingerprint density at radius 2 is 2.22 bits per heavy atom. The molecule has 0 saturated carbocycles. The van der Waals surface area contributed by atoms with Crippen LogP contribution in [0.3, 0.4) is 0 Å². The van der Waals surface area contributed by atoms with E-state index in [1.165, 1.54) is 12.5 Å². The number of aromatic nitrogens is 2. The van der Waals surface area contributed by atoms with E-state index in [0.29, 0.717) is 17.8 Å². The van der Waals surface area contributed by atoms with Crippen molar-refractivity contribution in [1.82, 2.24) is 9.97 Å². The number of azo groups is 1. The molecule has 2 heterocycles. The molecular formula is C15H17N5O3. The maximum atomic E-state index is 11.3. The van der Waals surface area contributed by atoms with Gasteiger partial charge >= 0.3 is 12.0 Å². The number of hydrogen-bond acceptors (Lipinski definition) is 8. The minimum Gasteiger partial charge on any atom is -0.460 e. The van der Waals surface area contributed by atoms with Crippen LogP contribution in [-0.2, 0) is 9.53 Å². The van der Waals surface area contributed by atoms with E-state index in [2.05, 4.69) is 26.8 Å². The topological polar surface area (TPSA) is 93.2 Å². The van der Waals surface area contributed by atoms with Gasteiger partial charge in [0.1, 0.15) is 24.4 Å². The van der Waals surface area contributed by atoms with Crippen molar-refractivity contribution in [2.24, 2.45) is 10.2 Å². The summed E-state index contributed by atoms with van der Waals surface area (Å²) in [6.45, 7) is 5.91. The zero-order chi connectivity index (χ0) is 16.7. The first-order valence-corrected chi connectivity index (χ1v) is 6.87. The van der Waals surface area contributed by atoms with Crippen LogP contribution in [0.25, 0.3) is 0 Å². The summed E-state index contributed by atoms with van der Waals surface area (Å²) in [5.74, 6) is 0.333. The number of anilines is 1. The fourth-order valence-electron chi connectivity index (χ4n) is 1.54. The molecule has 8 nitrogen and oxygen atoms in total. The van der Waals surface area contributed by atoms with Crippen LogP contribution < -0.4 is 4.90 Å². The van der Waals surface area contributed by atoms with Crippen LogP contribution in [0.1, 0.15) is 6.92 Å². The first-order chi connectivity index (χ1) is 11.1. The molecule has 0 amide bonds. The Balaban J connectivity index is 1.86. The van der Waals surface area contributed by atoms with Crippen molar-refractivity contribution >= 4 is 23.5 Å². The van der Waals surface area contributed by atoms with E-state index in [9.17, 15) is 4.79 Å². The highest BCUT2D eigenvalue weighted by atomic mass is 16.5. The second kappa shape index (κ2) is 7.83. The first-order valence-electron chi connectivity index (χ1n) is 6.87. The summed E-state index contributed by atoms with van der Waals surface area (Å²) in [5, 5.41) is 7.79. The maximum absolute atomic E-state index is 11.3. The molecule has 120 valence electrons. The lowest BCUT2D eigenvalue weighted by Crippen LogP contribution is -2.24. The number of carbonyl (C=O) groups is 1. The minimum absolute atomic E-state index is 0.186. The van der Waals surface area contributed by atoms with Crippen LogP contribution in [0.4, 0.5) is 17.5 Å². The number of pyridine rings is 1. The van der Waals surface area contributed by atoms with Crippen molar-refractivity contribution in [3.8, 4) is 0 Å². The van der Waals surface area contributed by atoms with E-state index in [-0.39, 0.29) is 12.6 Å². The molecule has 0 aliphatic rings. The predicted octanol–water partition coefficient (Wildman–Crippen LogP) is 3.04. The number of likely N-dealkylation sites (N-methyl/N-ethyl adjacent to an activating group) is 1. The normalized spacial score (nSPS) is 10.7. The van der Waals surface area contributed by atoms with Crippen molar-refractivity contribution in [1.29, 1.82) is 0 Å². The fraction of sp³-hybridized carbons (Fsp3) is 0.267. The molecule has 0 spiro atoms. The van der Waals surface area contributed by atoms with Crippen LogP contribution in [0.5, 0.6) is 0 Å². The lowest BCUT2D eigenvalue weighted by atomic mass is 10.4. The predicted molar refractivity (Wildman–Crippen MR) is 84.0 cm³/mol. The van der Waals surface area contributed by atoms with Gasteiger partial charge in [-0.3, -0.25) is 0 Å². The molecule has 0 aliphatic carbocycles. The first kappa shape index (κ1) is 16.3. The van der Waals surface area contributed by atoms with E-state index >= 15 is 0 Å². The summed E-state index contributed by atoms with van der Waals surface area (Å²) in [7, 11) is 1.85. The number of esters is 1. The Labute approximate surface area is 133 Å². The number of hydrogen-bond donors (Lipinski definition) is 0. The van der Waals surface area contributed by atoms with Crippen molar-refractivity contribution in [2.45, 2.75) is 6.92 Å². The molecule has 0 aliphatic heterocycles. The largest absolute Gasteiger partial charge is 0.460 e. The lowest BCUT2D eigenvalue weighted by molar-refractivity contribution is -0.138. The number of oxazole rings is 1. The van der Waals surface area contributed by atoms with E-state index in [1.807, 2.05) is 11.9 Å². The van der Waals surface area contributed by atoms with Gasteiger partial charge in [0, 0.05) is 12.6 Å². The quantitative estimate of drug-likeness (QED) is 0.443. The summed E-state index contributed by atoms with van der Waals surface area (Å²) in [6, 6.07) is 3.75. The van der Waals surface area contributed by atoms with Gasteiger partial charge in [-0.05, 0) is 19.1 Å². The Morgan fingerprint density at radius 3 is 2.83 bits per heavy atom. The van der Waals surface area contributed by atoms with Crippen molar-refractivity contribution in [2.75, 3.05) is 25.1 Å². The summed E-state index contributed by atoms with van der Waals surface area (Å²) < 4.78 is 9.99. The fourth-order valence-corrected chi connectivity index (χ4v) is 1.54. The Bertz CT molecular complexity index is 680. The molecule has 0 bridgehead atoms. The van der Waals surface area contributed by atoms with E-state index in [1.54, 1.807) is 25.3 Å². The average molecular weight is 315 g/mol. The molecule has 0 fully saturated rings. The number of nitrogens with zero attached hydrogens (tertiary/aromatic N) is 5. The second-order valence-corrected chi connectivity index (χ2v) is 4.73. The molecule has 0 radical (unpaired) electrons. The van der Waals surface area contributed by atoms with Gasteiger partial charge in [-0.2, -0.15) is 4.98 Å². The summed E-state index contributed by atoms with van der Waals surface area (Å²) in [5.41, 5.74) is 0.959. The van der Waals surface area contributed by atoms with Crippen LogP contribution in [0.2, 0.25) is 0 Å². The monoisotopic (exact) mass is 315 g/mol. The average Bonchev–Trinajstić information content (AvgIpc) is 3.06. The van der Waals surface area contributed by atoms with Crippen LogP contribution in [0, 0.1) is 0 Å². The molecule has 2 aromatic rings. The number of carbonyl (C=O) groups excluding carboxylic acids is 1. The summed E-state index contributed by atoms with van der Waals surface area (Å²) >= 11 is 0. The lowest BCUT2D eigenvalue weighted by Gasteiger charge is -2.17. The molecule has 2 rings (SSSR count). The van der Waals surface area contributed by atoms with Gasteiger partial charge in [0.15, 0.2) is 0 Å². The SMILES string of the molecule is C=C(C)C(=O)OCCN(C)c1ccc(/N=N/c2ncco2)cn1. The standard InChI is InChI=1S/C15H17N5O3/c1-11(2)14(21)22-9-7-20(3)13-5-4-12(10-17-13)18-19-15-16-6-8-23-15/h4-6,8,10H,1,7,9H2,2-3H3/b19-18+. The molecule has 0 saturated heterocycles. The Hall–Kier alpha value is -3.03. The van der Waals surface area contributed by atoms with Crippen LogP contribution >= 0.6 is 0 Å². The van der Waals surface area contributed by atoms with E-state index in [4.69, 9.17) is 9.15 Å².